The van der Waals surface area contributed by atoms with Crippen LogP contribution >= 0.6 is 0 Å². The molecule has 1 saturated heterocycles. The Bertz CT molecular complexity index is 755. The second-order valence-corrected chi connectivity index (χ2v) is 5.48. The number of hydrogen-bond donors (Lipinski definition) is 1. The molecule has 1 aliphatic heterocycles. The Morgan fingerprint density at radius 1 is 1.33 bits per heavy atom. The molecule has 3 rings (SSSR count). The zero-order valence-corrected chi connectivity index (χ0v) is 12.7. The first-order valence-electron chi connectivity index (χ1n) is 7.39. The average Bonchev–Trinajstić information content (AvgIpc) is 3.22. The summed E-state index contributed by atoms with van der Waals surface area (Å²) in [5.41, 5.74) is 0.505. The highest BCUT2D eigenvalue weighted by Gasteiger charge is 2.35. The lowest BCUT2D eigenvalue weighted by Gasteiger charge is -2.16. The summed E-state index contributed by atoms with van der Waals surface area (Å²) in [6, 6.07) is 9.19. The van der Waals surface area contributed by atoms with E-state index in [0.717, 1.165) is 0 Å². The predicted octanol–water partition coefficient (Wildman–Crippen LogP) is 1.86. The summed E-state index contributed by atoms with van der Waals surface area (Å²) in [4.78, 5) is 36.0. The Morgan fingerprint density at radius 3 is 2.71 bits per heavy atom. The molecule has 0 bridgehead atoms. The largest absolute Gasteiger partial charge is 0.467 e. The van der Waals surface area contributed by atoms with Gasteiger partial charge in [-0.1, -0.05) is 0 Å². The third kappa shape index (κ3) is 3.27. The van der Waals surface area contributed by atoms with E-state index in [2.05, 4.69) is 5.32 Å². The third-order valence-electron chi connectivity index (χ3n) is 3.88. The zero-order valence-electron chi connectivity index (χ0n) is 12.7. The summed E-state index contributed by atoms with van der Waals surface area (Å²) in [5.74, 6) is -0.214. The van der Waals surface area contributed by atoms with Crippen molar-refractivity contribution in [1.82, 2.24) is 5.32 Å². The summed E-state index contributed by atoms with van der Waals surface area (Å²) in [5, 5.41) is 13.4. The fourth-order valence-electron chi connectivity index (χ4n) is 2.62. The van der Waals surface area contributed by atoms with Gasteiger partial charge >= 0.3 is 0 Å². The molecule has 2 aromatic rings. The number of nitro benzene ring substituents is 1. The van der Waals surface area contributed by atoms with Crippen LogP contribution in [0.4, 0.5) is 11.4 Å². The molecule has 1 aromatic heterocycles. The molecule has 8 heteroatoms. The van der Waals surface area contributed by atoms with Crippen LogP contribution in [0.25, 0.3) is 0 Å². The van der Waals surface area contributed by atoms with Crippen molar-refractivity contribution in [2.24, 2.45) is 5.92 Å². The molecule has 1 fully saturated rings. The molecule has 124 valence electrons. The minimum absolute atomic E-state index is 0.0434. The van der Waals surface area contributed by atoms with Crippen molar-refractivity contribution >= 4 is 23.2 Å². The Hall–Kier alpha value is -3.16. The second-order valence-electron chi connectivity index (χ2n) is 5.48. The lowest BCUT2D eigenvalue weighted by molar-refractivity contribution is -0.384. The molecule has 1 N–H and O–H groups in total. The maximum Gasteiger partial charge on any atom is 0.269 e. The molecule has 0 unspecified atom stereocenters. The quantitative estimate of drug-likeness (QED) is 0.665. The van der Waals surface area contributed by atoms with Gasteiger partial charge in [0.05, 0.1) is 23.6 Å². The van der Waals surface area contributed by atoms with Crippen LogP contribution in [0.15, 0.2) is 47.1 Å². The first-order chi connectivity index (χ1) is 11.5. The van der Waals surface area contributed by atoms with Crippen molar-refractivity contribution < 1.29 is 18.9 Å². The van der Waals surface area contributed by atoms with Crippen LogP contribution in [0.5, 0.6) is 0 Å². The number of nitrogens with zero attached hydrogens (tertiary/aromatic N) is 2. The number of nitrogens with one attached hydrogen (secondary N) is 1. The van der Waals surface area contributed by atoms with E-state index >= 15 is 0 Å². The molecule has 2 heterocycles. The summed E-state index contributed by atoms with van der Waals surface area (Å²) in [6.07, 6.45) is 1.64. The molecule has 2 amide bonds. The van der Waals surface area contributed by atoms with E-state index in [9.17, 15) is 19.7 Å². The van der Waals surface area contributed by atoms with Gasteiger partial charge in [-0.15, -0.1) is 0 Å². The number of non-ortho nitro benzene ring substituents is 1. The summed E-state index contributed by atoms with van der Waals surface area (Å²) in [6.45, 7) is 0.523. The topological polar surface area (TPSA) is 106 Å². The molecule has 24 heavy (non-hydrogen) atoms. The van der Waals surface area contributed by atoms with E-state index in [0.29, 0.717) is 11.4 Å². The van der Waals surface area contributed by atoms with Crippen LogP contribution < -0.4 is 10.2 Å². The van der Waals surface area contributed by atoms with Gasteiger partial charge < -0.3 is 14.6 Å². The number of benzene rings is 1. The SMILES string of the molecule is O=C(NCc1ccco1)[C@@H]1CC(=O)N(c2ccc([N+](=O)[O-])cc2)C1. The summed E-state index contributed by atoms with van der Waals surface area (Å²) in [7, 11) is 0. The van der Waals surface area contributed by atoms with Gasteiger partial charge in [-0.3, -0.25) is 19.7 Å². The molecule has 1 aliphatic rings. The van der Waals surface area contributed by atoms with Gasteiger partial charge in [-0.05, 0) is 24.3 Å². The number of carbonyl (C=O) groups is 2. The highest BCUT2D eigenvalue weighted by molar-refractivity contribution is 6.00. The van der Waals surface area contributed by atoms with Crippen LogP contribution in [0.3, 0.4) is 0 Å². The fraction of sp³-hybridized carbons (Fsp3) is 0.250. The highest BCUT2D eigenvalue weighted by Crippen LogP contribution is 2.27. The molecule has 1 aromatic carbocycles. The van der Waals surface area contributed by atoms with Crippen LogP contribution in [0, 0.1) is 16.0 Å². The number of hydrogen-bond acceptors (Lipinski definition) is 5. The number of anilines is 1. The molecule has 0 aliphatic carbocycles. The van der Waals surface area contributed by atoms with E-state index in [-0.39, 0.29) is 37.0 Å². The van der Waals surface area contributed by atoms with Crippen molar-refractivity contribution in [3.63, 3.8) is 0 Å². The van der Waals surface area contributed by atoms with Gasteiger partial charge in [0.15, 0.2) is 0 Å². The van der Waals surface area contributed by atoms with E-state index in [4.69, 9.17) is 4.42 Å². The number of amides is 2. The second kappa shape index (κ2) is 6.53. The van der Waals surface area contributed by atoms with Crippen LogP contribution in [0.1, 0.15) is 12.2 Å². The van der Waals surface area contributed by atoms with E-state index in [1.165, 1.54) is 35.4 Å². The summed E-state index contributed by atoms with van der Waals surface area (Å²) < 4.78 is 5.14. The first kappa shape index (κ1) is 15.7. The lowest BCUT2D eigenvalue weighted by atomic mass is 10.1. The number of rotatable bonds is 5. The van der Waals surface area contributed by atoms with Crippen molar-refractivity contribution in [2.45, 2.75) is 13.0 Å². The number of nitro groups is 1. The fourth-order valence-corrected chi connectivity index (χ4v) is 2.62. The van der Waals surface area contributed by atoms with E-state index in [1.54, 1.807) is 12.1 Å². The maximum atomic E-state index is 12.2. The Balaban J connectivity index is 1.62. The first-order valence-corrected chi connectivity index (χ1v) is 7.39. The molecule has 1 atom stereocenters. The van der Waals surface area contributed by atoms with Gasteiger partial charge in [0.2, 0.25) is 11.8 Å². The van der Waals surface area contributed by atoms with Crippen molar-refractivity contribution in [2.75, 3.05) is 11.4 Å². The van der Waals surface area contributed by atoms with Crippen molar-refractivity contribution in [3.05, 3.63) is 58.5 Å². The Labute approximate surface area is 137 Å². The standard InChI is InChI=1S/C16H15N3O5/c20-15-8-11(16(21)17-9-14-2-1-7-24-14)10-18(15)12-3-5-13(6-4-12)19(22)23/h1-7,11H,8-10H2,(H,17,21)/t11-/m1/s1. The Morgan fingerprint density at radius 2 is 2.08 bits per heavy atom. The summed E-state index contributed by atoms with van der Waals surface area (Å²) >= 11 is 0. The minimum Gasteiger partial charge on any atom is -0.467 e. The smallest absolute Gasteiger partial charge is 0.269 e. The molecular formula is C16H15N3O5. The molecule has 0 spiro atoms. The number of furan rings is 1. The van der Waals surface area contributed by atoms with Gasteiger partial charge in [0.25, 0.3) is 5.69 Å². The predicted molar refractivity (Wildman–Crippen MR) is 84.1 cm³/mol. The zero-order chi connectivity index (χ0) is 17.1. The Kier molecular flexibility index (Phi) is 4.28. The molecule has 0 saturated carbocycles. The van der Waals surface area contributed by atoms with Crippen LogP contribution in [-0.4, -0.2) is 23.3 Å². The van der Waals surface area contributed by atoms with Gasteiger partial charge in [0.1, 0.15) is 5.76 Å². The van der Waals surface area contributed by atoms with E-state index < -0.39 is 10.8 Å². The molecule has 0 radical (unpaired) electrons. The minimum atomic E-state index is -0.500. The molecular weight excluding hydrogens is 314 g/mol. The van der Waals surface area contributed by atoms with Gasteiger partial charge in [-0.2, -0.15) is 0 Å². The van der Waals surface area contributed by atoms with E-state index in [1.807, 2.05) is 0 Å². The van der Waals surface area contributed by atoms with Gasteiger partial charge in [0, 0.05) is 30.8 Å². The highest BCUT2D eigenvalue weighted by atomic mass is 16.6. The average molecular weight is 329 g/mol. The maximum absolute atomic E-state index is 12.2. The van der Waals surface area contributed by atoms with Gasteiger partial charge in [-0.25, -0.2) is 0 Å². The van der Waals surface area contributed by atoms with Crippen molar-refractivity contribution in [1.29, 1.82) is 0 Å². The van der Waals surface area contributed by atoms with Crippen molar-refractivity contribution in [3.8, 4) is 0 Å². The normalized spacial score (nSPS) is 17.1. The number of carbonyl (C=O) groups excluding carboxylic acids is 2. The monoisotopic (exact) mass is 329 g/mol. The molecule has 8 nitrogen and oxygen atoms in total. The third-order valence-corrected chi connectivity index (χ3v) is 3.88. The lowest BCUT2D eigenvalue weighted by Crippen LogP contribution is -2.32. The van der Waals surface area contributed by atoms with Crippen LogP contribution in [0.2, 0.25) is 0 Å². The van der Waals surface area contributed by atoms with Crippen LogP contribution in [-0.2, 0) is 16.1 Å².